The van der Waals surface area contributed by atoms with Gasteiger partial charge in [0.2, 0.25) is 11.8 Å². The molecule has 5 amide bonds. The van der Waals surface area contributed by atoms with Crippen molar-refractivity contribution in [3.63, 3.8) is 0 Å². The minimum atomic E-state index is -1.07. The van der Waals surface area contributed by atoms with Crippen molar-refractivity contribution in [2.45, 2.75) is 110 Å². The second kappa shape index (κ2) is 14.5. The molecule has 0 radical (unpaired) electrons. The molecule has 2 aromatic rings. The first-order chi connectivity index (χ1) is 23.8. The summed E-state index contributed by atoms with van der Waals surface area (Å²) >= 11 is 0. The highest BCUT2D eigenvalue weighted by Crippen LogP contribution is 2.65. The van der Waals surface area contributed by atoms with Gasteiger partial charge in [0.05, 0.1) is 30.6 Å². The Morgan fingerprint density at radius 1 is 0.960 bits per heavy atom. The minimum Gasteiger partial charge on any atom is -0.404 e. The Kier molecular flexibility index (Phi) is 10.5. The van der Waals surface area contributed by atoms with E-state index in [1.807, 2.05) is 81.4 Å². The number of carbonyl (C=O) groups excluding carboxylic acids is 4. The predicted octanol–water partition coefficient (Wildman–Crippen LogP) is 4.80. The quantitative estimate of drug-likeness (QED) is 0.293. The van der Waals surface area contributed by atoms with Crippen LogP contribution in [0.1, 0.15) is 78.4 Å². The lowest BCUT2D eigenvalue weighted by atomic mass is 9.43. The van der Waals surface area contributed by atoms with Gasteiger partial charge in [-0.05, 0) is 73.3 Å². The summed E-state index contributed by atoms with van der Waals surface area (Å²) < 4.78 is 13.2. The molecule has 11 heteroatoms. The molecule has 2 heterocycles. The van der Waals surface area contributed by atoms with E-state index in [9.17, 15) is 19.2 Å². The van der Waals surface area contributed by atoms with Crippen LogP contribution >= 0.6 is 0 Å². The standard InChI is InChI=1S/C39H53BN4O6/c1-7-32(40-49-31-23-28-22-30(38(28,4)5)39(31,6)50-40)41-35(46)29-24-43(20-14-19-26-15-10-8-11-16-26)37(48)44(29)36(47)34(25(2)3)42-33(45)21-27-17-12-9-13-18-27/h8-13,15-18,25,28-32,34H,7,14,19-24H2,1-6H3,(H,41,46)(H,42,45)/t28?,29-,30?,31?,32-,34-,39-/m0/s1. The van der Waals surface area contributed by atoms with Crippen LogP contribution in [0.25, 0.3) is 0 Å². The smallest absolute Gasteiger partial charge is 0.404 e. The van der Waals surface area contributed by atoms with Crippen LogP contribution in [0.5, 0.6) is 0 Å². The van der Waals surface area contributed by atoms with Gasteiger partial charge in [0.25, 0.3) is 5.91 Å². The lowest BCUT2D eigenvalue weighted by Crippen LogP contribution is -2.65. The van der Waals surface area contributed by atoms with Gasteiger partial charge in [-0.25, -0.2) is 9.69 Å². The van der Waals surface area contributed by atoms with Crippen LogP contribution in [0.15, 0.2) is 60.7 Å². The van der Waals surface area contributed by atoms with Gasteiger partial charge >= 0.3 is 13.1 Å². The number of nitrogens with zero attached hydrogens (tertiary/aromatic N) is 2. The van der Waals surface area contributed by atoms with Crippen LogP contribution < -0.4 is 10.6 Å². The van der Waals surface area contributed by atoms with Crippen molar-refractivity contribution in [2.75, 3.05) is 13.1 Å². The maximum atomic E-state index is 14.3. The second-order valence-corrected chi connectivity index (χ2v) is 15.9. The van der Waals surface area contributed by atoms with Gasteiger partial charge in [0, 0.05) is 6.54 Å². The van der Waals surface area contributed by atoms with Crippen LogP contribution in [0, 0.1) is 23.2 Å². The molecule has 7 atom stereocenters. The fraction of sp³-hybridized carbons (Fsp3) is 0.590. The van der Waals surface area contributed by atoms with Crippen molar-refractivity contribution in [3.8, 4) is 0 Å². The number of benzene rings is 2. The Hall–Kier alpha value is -3.70. The Labute approximate surface area is 297 Å². The van der Waals surface area contributed by atoms with Gasteiger partial charge in [0.1, 0.15) is 12.1 Å². The van der Waals surface area contributed by atoms with Gasteiger partial charge in [-0.2, -0.15) is 0 Å². The van der Waals surface area contributed by atoms with Gasteiger partial charge in [-0.15, -0.1) is 0 Å². The first kappa shape index (κ1) is 36.1. The van der Waals surface area contributed by atoms with Crippen molar-refractivity contribution < 1.29 is 28.5 Å². The van der Waals surface area contributed by atoms with Crippen molar-refractivity contribution >= 4 is 30.9 Å². The molecule has 2 aliphatic heterocycles. The number of carbonyl (C=O) groups is 4. The molecule has 7 rings (SSSR count). The summed E-state index contributed by atoms with van der Waals surface area (Å²) in [6.07, 6.45) is 4.10. The van der Waals surface area contributed by atoms with E-state index in [4.69, 9.17) is 9.31 Å². The summed E-state index contributed by atoms with van der Waals surface area (Å²) in [5.41, 5.74) is 1.73. The molecule has 5 aliphatic rings. The van der Waals surface area contributed by atoms with E-state index in [0.29, 0.717) is 31.2 Å². The minimum absolute atomic E-state index is 0.0345. The number of amides is 5. The summed E-state index contributed by atoms with van der Waals surface area (Å²) in [4.78, 5) is 58.3. The molecule has 0 spiro atoms. The molecule has 268 valence electrons. The number of imide groups is 1. The topological polar surface area (TPSA) is 117 Å². The second-order valence-electron chi connectivity index (χ2n) is 15.9. The third kappa shape index (κ3) is 6.95. The van der Waals surface area contributed by atoms with Crippen LogP contribution in [0.3, 0.4) is 0 Å². The van der Waals surface area contributed by atoms with E-state index in [-0.39, 0.29) is 36.3 Å². The molecular formula is C39H53BN4O6. The molecule has 2 N–H and O–H groups in total. The molecule has 2 saturated heterocycles. The zero-order valence-electron chi connectivity index (χ0n) is 30.4. The first-order valence-electron chi connectivity index (χ1n) is 18.5. The summed E-state index contributed by atoms with van der Waals surface area (Å²) in [5.74, 6) is -1.15. The molecule has 5 fully saturated rings. The lowest BCUT2D eigenvalue weighted by molar-refractivity contribution is -0.199. The molecular weight excluding hydrogens is 631 g/mol. The molecule has 3 saturated carbocycles. The Morgan fingerprint density at radius 2 is 1.62 bits per heavy atom. The van der Waals surface area contributed by atoms with E-state index < -0.39 is 48.6 Å². The Bertz CT molecular complexity index is 1560. The highest BCUT2D eigenvalue weighted by Gasteiger charge is 2.68. The van der Waals surface area contributed by atoms with E-state index in [2.05, 4.69) is 31.4 Å². The number of urea groups is 1. The molecule has 3 aliphatic carbocycles. The Morgan fingerprint density at radius 3 is 2.24 bits per heavy atom. The zero-order valence-corrected chi connectivity index (χ0v) is 30.4. The summed E-state index contributed by atoms with van der Waals surface area (Å²) in [7, 11) is -0.627. The molecule has 0 aromatic heterocycles. The van der Waals surface area contributed by atoms with Crippen LogP contribution in [0.4, 0.5) is 4.79 Å². The van der Waals surface area contributed by atoms with E-state index in [1.165, 1.54) is 0 Å². The third-order valence-electron chi connectivity index (χ3n) is 12.0. The van der Waals surface area contributed by atoms with Gasteiger partial charge in [0.15, 0.2) is 0 Å². The fourth-order valence-electron chi connectivity index (χ4n) is 8.79. The number of aryl methyl sites for hydroxylation is 1. The summed E-state index contributed by atoms with van der Waals surface area (Å²) in [6, 6.07) is 16.7. The third-order valence-corrected chi connectivity index (χ3v) is 12.0. The number of hydrogen-bond acceptors (Lipinski definition) is 6. The van der Waals surface area contributed by atoms with Gasteiger partial charge in [-0.3, -0.25) is 14.4 Å². The SMILES string of the molecule is CC[C@H](NC(=O)[C@@H]1CN(CCCc2ccccc2)C(=O)N1C(=O)[C@@H](NC(=O)Cc1ccccc1)C(C)C)B1OC2CC3CC(C3(C)C)[C@]2(C)O1. The molecule has 3 unspecified atom stereocenters. The van der Waals surface area contributed by atoms with Crippen molar-refractivity contribution in [3.05, 3.63) is 71.8 Å². The average Bonchev–Trinajstić information content (AvgIpc) is 3.62. The number of rotatable bonds is 13. The van der Waals surface area contributed by atoms with Crippen LogP contribution in [-0.2, 0) is 36.5 Å². The van der Waals surface area contributed by atoms with E-state index in [1.54, 1.807) is 4.90 Å². The van der Waals surface area contributed by atoms with E-state index >= 15 is 0 Å². The van der Waals surface area contributed by atoms with Gasteiger partial charge in [-0.1, -0.05) is 95.3 Å². The van der Waals surface area contributed by atoms with Crippen LogP contribution in [-0.4, -0.2) is 83.5 Å². The highest BCUT2D eigenvalue weighted by atomic mass is 16.7. The van der Waals surface area contributed by atoms with Gasteiger partial charge < -0.3 is 24.8 Å². The Balaban J connectivity index is 1.18. The summed E-state index contributed by atoms with van der Waals surface area (Å²) in [6.45, 7) is 12.8. The fourth-order valence-corrected chi connectivity index (χ4v) is 8.79. The molecule has 2 aromatic carbocycles. The molecule has 50 heavy (non-hydrogen) atoms. The first-order valence-corrected chi connectivity index (χ1v) is 18.5. The number of nitrogens with one attached hydrogen (secondary N) is 2. The van der Waals surface area contributed by atoms with E-state index in [0.717, 1.165) is 35.3 Å². The van der Waals surface area contributed by atoms with Crippen molar-refractivity contribution in [2.24, 2.45) is 23.2 Å². The number of hydrogen-bond donors (Lipinski definition) is 2. The zero-order chi connectivity index (χ0) is 35.8. The lowest BCUT2D eigenvalue weighted by Gasteiger charge is -2.64. The van der Waals surface area contributed by atoms with Crippen molar-refractivity contribution in [1.29, 1.82) is 0 Å². The largest absolute Gasteiger partial charge is 0.481 e. The maximum absolute atomic E-state index is 14.3. The summed E-state index contributed by atoms with van der Waals surface area (Å²) in [5, 5.41) is 6.00. The molecule has 2 bridgehead atoms. The normalized spacial score (nSPS) is 27.8. The average molecular weight is 685 g/mol. The molecule has 10 nitrogen and oxygen atoms in total. The monoisotopic (exact) mass is 684 g/mol. The van der Waals surface area contributed by atoms with Crippen LogP contribution in [0.2, 0.25) is 0 Å². The highest BCUT2D eigenvalue weighted by molar-refractivity contribution is 6.48. The maximum Gasteiger partial charge on any atom is 0.481 e. The van der Waals surface area contributed by atoms with Crippen molar-refractivity contribution in [1.82, 2.24) is 20.4 Å². The predicted molar refractivity (Wildman–Crippen MR) is 192 cm³/mol.